The molecule has 6 nitrogen and oxygen atoms in total. The molecule has 1 N–H and O–H groups in total. The quantitative estimate of drug-likeness (QED) is 0.936. The molecule has 21 heavy (non-hydrogen) atoms. The Morgan fingerprint density at radius 1 is 1.33 bits per heavy atom. The van der Waals surface area contributed by atoms with E-state index >= 15 is 0 Å². The summed E-state index contributed by atoms with van der Waals surface area (Å²) in [7, 11) is 0. The molecule has 0 radical (unpaired) electrons. The number of carboxylic acids is 1. The van der Waals surface area contributed by atoms with E-state index in [1.54, 1.807) is 4.57 Å². The van der Waals surface area contributed by atoms with E-state index < -0.39 is 12.0 Å². The highest BCUT2D eigenvalue weighted by Crippen LogP contribution is 2.36. The number of benzene rings is 1. The lowest BCUT2D eigenvalue weighted by Gasteiger charge is -2.19. The van der Waals surface area contributed by atoms with E-state index in [0.29, 0.717) is 37.6 Å². The number of nitrogens with zero attached hydrogens (tertiary/aromatic N) is 2. The Labute approximate surface area is 122 Å². The molecule has 0 bridgehead atoms. The highest BCUT2D eigenvalue weighted by atomic mass is 16.6. The number of hydrogen-bond donors (Lipinski definition) is 1. The minimum Gasteiger partial charge on any atom is -0.486 e. The predicted molar refractivity (Wildman–Crippen MR) is 77.1 cm³/mol. The van der Waals surface area contributed by atoms with Gasteiger partial charge in [-0.1, -0.05) is 13.8 Å². The molecule has 0 aliphatic carbocycles. The van der Waals surface area contributed by atoms with Crippen LogP contribution in [0.15, 0.2) is 12.1 Å². The summed E-state index contributed by atoms with van der Waals surface area (Å²) in [6.07, 6.45) is 1.17. The van der Waals surface area contributed by atoms with Crippen LogP contribution in [-0.2, 0) is 11.2 Å². The molecule has 0 amide bonds. The zero-order chi connectivity index (χ0) is 15.0. The van der Waals surface area contributed by atoms with Crippen molar-refractivity contribution in [2.45, 2.75) is 32.7 Å². The number of imidazole rings is 1. The molecule has 2 heterocycles. The van der Waals surface area contributed by atoms with Gasteiger partial charge in [-0.05, 0) is 6.42 Å². The second-order valence-electron chi connectivity index (χ2n) is 5.00. The molecular formula is C15H18N2O4. The molecule has 3 rings (SSSR count). The Bertz CT molecular complexity index is 693. The van der Waals surface area contributed by atoms with Crippen LogP contribution in [0.1, 0.15) is 32.1 Å². The van der Waals surface area contributed by atoms with Gasteiger partial charge in [0.05, 0.1) is 11.0 Å². The summed E-state index contributed by atoms with van der Waals surface area (Å²) < 4.78 is 12.9. The SMILES string of the molecule is CCc1nc2cc3c(cc2n1C(CC)C(=O)O)OCCO3. The molecule has 0 spiro atoms. The third-order valence-corrected chi connectivity index (χ3v) is 3.73. The smallest absolute Gasteiger partial charge is 0.326 e. The summed E-state index contributed by atoms with van der Waals surface area (Å²) >= 11 is 0. The van der Waals surface area contributed by atoms with Crippen molar-refractivity contribution < 1.29 is 19.4 Å². The topological polar surface area (TPSA) is 73.6 Å². The molecule has 0 fully saturated rings. The largest absolute Gasteiger partial charge is 0.486 e. The first-order chi connectivity index (χ1) is 10.2. The average Bonchev–Trinajstić information content (AvgIpc) is 2.83. The van der Waals surface area contributed by atoms with Crippen molar-refractivity contribution in [2.75, 3.05) is 13.2 Å². The Hall–Kier alpha value is -2.24. The van der Waals surface area contributed by atoms with Gasteiger partial charge >= 0.3 is 5.97 Å². The van der Waals surface area contributed by atoms with Gasteiger partial charge in [0, 0.05) is 18.6 Å². The Balaban J connectivity index is 2.23. The fourth-order valence-electron chi connectivity index (χ4n) is 2.75. The Morgan fingerprint density at radius 3 is 2.57 bits per heavy atom. The first-order valence-electron chi connectivity index (χ1n) is 7.19. The minimum absolute atomic E-state index is 0.502. The van der Waals surface area contributed by atoms with Crippen LogP contribution < -0.4 is 9.47 Å². The van der Waals surface area contributed by atoms with Gasteiger partial charge in [-0.2, -0.15) is 0 Å². The van der Waals surface area contributed by atoms with E-state index in [0.717, 1.165) is 16.9 Å². The number of carbonyl (C=O) groups is 1. The fraction of sp³-hybridized carbons (Fsp3) is 0.467. The van der Waals surface area contributed by atoms with E-state index in [-0.39, 0.29) is 0 Å². The highest BCUT2D eigenvalue weighted by Gasteiger charge is 2.25. The van der Waals surface area contributed by atoms with E-state index in [2.05, 4.69) is 4.98 Å². The van der Waals surface area contributed by atoms with Crippen molar-refractivity contribution in [2.24, 2.45) is 0 Å². The molecular weight excluding hydrogens is 272 g/mol. The lowest BCUT2D eigenvalue weighted by molar-refractivity contribution is -0.140. The van der Waals surface area contributed by atoms with Crippen molar-refractivity contribution >= 4 is 17.0 Å². The fourth-order valence-corrected chi connectivity index (χ4v) is 2.75. The van der Waals surface area contributed by atoms with Crippen molar-refractivity contribution in [1.82, 2.24) is 9.55 Å². The second kappa shape index (κ2) is 5.27. The maximum atomic E-state index is 11.5. The monoisotopic (exact) mass is 290 g/mol. The average molecular weight is 290 g/mol. The maximum absolute atomic E-state index is 11.5. The van der Waals surface area contributed by atoms with Crippen molar-refractivity contribution in [3.63, 3.8) is 0 Å². The molecule has 0 saturated heterocycles. The highest BCUT2D eigenvalue weighted by molar-refractivity contribution is 5.83. The van der Waals surface area contributed by atoms with Gasteiger partial charge in [0.15, 0.2) is 11.5 Å². The van der Waals surface area contributed by atoms with E-state index in [4.69, 9.17) is 9.47 Å². The van der Waals surface area contributed by atoms with Gasteiger partial charge in [-0.3, -0.25) is 0 Å². The van der Waals surface area contributed by atoms with Crippen molar-refractivity contribution in [1.29, 1.82) is 0 Å². The number of fused-ring (bicyclic) bond motifs is 2. The summed E-state index contributed by atoms with van der Waals surface area (Å²) in [6.45, 7) is 4.86. The third-order valence-electron chi connectivity index (χ3n) is 3.73. The predicted octanol–water partition coefficient (Wildman–Crippen LogP) is 2.41. The number of aryl methyl sites for hydroxylation is 1. The Morgan fingerprint density at radius 2 is 2.00 bits per heavy atom. The van der Waals surface area contributed by atoms with Gasteiger partial charge in [0.2, 0.25) is 0 Å². The Kier molecular flexibility index (Phi) is 3.45. The van der Waals surface area contributed by atoms with Gasteiger partial charge in [-0.15, -0.1) is 0 Å². The van der Waals surface area contributed by atoms with Crippen LogP contribution >= 0.6 is 0 Å². The first kappa shape index (κ1) is 13.7. The summed E-state index contributed by atoms with van der Waals surface area (Å²) in [4.78, 5) is 16.1. The van der Waals surface area contributed by atoms with E-state index in [1.807, 2.05) is 26.0 Å². The first-order valence-corrected chi connectivity index (χ1v) is 7.19. The van der Waals surface area contributed by atoms with Crippen LogP contribution in [0.5, 0.6) is 11.5 Å². The third kappa shape index (κ3) is 2.20. The number of aromatic nitrogens is 2. The number of aliphatic carboxylic acids is 1. The maximum Gasteiger partial charge on any atom is 0.326 e. The molecule has 1 unspecified atom stereocenters. The molecule has 2 aromatic rings. The van der Waals surface area contributed by atoms with Crippen LogP contribution in [-0.4, -0.2) is 33.8 Å². The number of ether oxygens (including phenoxy) is 2. The number of carboxylic acid groups (broad SMARTS) is 1. The minimum atomic E-state index is -0.846. The van der Waals surface area contributed by atoms with Gasteiger partial charge in [0.1, 0.15) is 25.1 Å². The van der Waals surface area contributed by atoms with Gasteiger partial charge < -0.3 is 19.1 Å². The van der Waals surface area contributed by atoms with E-state index in [1.165, 1.54) is 0 Å². The normalized spacial score (nSPS) is 15.1. The molecule has 1 aromatic heterocycles. The summed E-state index contributed by atoms with van der Waals surface area (Å²) in [6, 6.07) is 3.04. The second-order valence-corrected chi connectivity index (χ2v) is 5.00. The molecule has 0 saturated carbocycles. The van der Waals surface area contributed by atoms with Crippen molar-refractivity contribution in [3.05, 3.63) is 18.0 Å². The molecule has 1 aliphatic heterocycles. The van der Waals surface area contributed by atoms with E-state index in [9.17, 15) is 9.90 Å². The summed E-state index contributed by atoms with van der Waals surface area (Å²) in [5.74, 6) is 1.24. The van der Waals surface area contributed by atoms with Crippen LogP contribution in [0.3, 0.4) is 0 Å². The van der Waals surface area contributed by atoms with Gasteiger partial charge in [0.25, 0.3) is 0 Å². The molecule has 1 aromatic carbocycles. The molecule has 1 aliphatic rings. The zero-order valence-corrected chi connectivity index (χ0v) is 12.1. The summed E-state index contributed by atoms with van der Waals surface area (Å²) in [5.41, 5.74) is 1.53. The molecule has 1 atom stereocenters. The lowest BCUT2D eigenvalue weighted by Crippen LogP contribution is -2.20. The molecule has 112 valence electrons. The summed E-state index contributed by atoms with van der Waals surface area (Å²) in [5, 5.41) is 9.46. The lowest BCUT2D eigenvalue weighted by atomic mass is 10.2. The standard InChI is InChI=1S/C15H18N2O4/c1-3-10(15(18)19)17-11-8-13-12(20-5-6-21-13)7-9(11)16-14(17)4-2/h7-8,10H,3-6H2,1-2H3,(H,18,19). The van der Waals surface area contributed by atoms with Crippen LogP contribution in [0.4, 0.5) is 0 Å². The van der Waals surface area contributed by atoms with Crippen LogP contribution in [0.25, 0.3) is 11.0 Å². The van der Waals surface area contributed by atoms with Crippen LogP contribution in [0.2, 0.25) is 0 Å². The number of hydrogen-bond acceptors (Lipinski definition) is 4. The molecule has 6 heteroatoms. The van der Waals surface area contributed by atoms with Crippen LogP contribution in [0, 0.1) is 0 Å². The number of rotatable bonds is 4. The zero-order valence-electron chi connectivity index (χ0n) is 12.1. The van der Waals surface area contributed by atoms with Crippen molar-refractivity contribution in [3.8, 4) is 11.5 Å². The van der Waals surface area contributed by atoms with Gasteiger partial charge in [-0.25, -0.2) is 9.78 Å².